The lowest BCUT2D eigenvalue weighted by Crippen LogP contribution is -2.25. The zero-order valence-electron chi connectivity index (χ0n) is 22.6. The number of nitrogen functional groups attached to an aromatic ring is 1. The van der Waals surface area contributed by atoms with Gasteiger partial charge in [0.1, 0.15) is 11.6 Å². The van der Waals surface area contributed by atoms with Crippen LogP contribution in [0.2, 0.25) is 0 Å². The fourth-order valence-corrected chi connectivity index (χ4v) is 4.10. The molecule has 0 saturated heterocycles. The molecular formula is C27H45N5O4. The highest BCUT2D eigenvalue weighted by Gasteiger charge is 2.16. The number of aliphatic hydroxyl groups is 1. The standard InChI is InChI=1S/C26H43N5O2.CH2O2/c1-6-10-22(13-15-32)29-25-24(20(5)28-26(27)30-25)18-21-11-12-23(17-19(21)4)33-16-9-14-31(7-2)8-3;2-1-3/h11-12,17,22,32H,6-10,13-16,18H2,1-5H3,(H3,27,28,29,30);1H,(H,2,3)/t22-;/m0./s1. The molecule has 2 aromatic rings. The zero-order valence-corrected chi connectivity index (χ0v) is 22.6. The van der Waals surface area contributed by atoms with E-state index in [0.717, 1.165) is 68.3 Å². The van der Waals surface area contributed by atoms with Crippen molar-refractivity contribution in [2.45, 2.75) is 72.8 Å². The van der Waals surface area contributed by atoms with Gasteiger partial charge in [-0.15, -0.1) is 0 Å². The molecule has 5 N–H and O–H groups in total. The Labute approximate surface area is 216 Å². The highest BCUT2D eigenvalue weighted by atomic mass is 16.5. The van der Waals surface area contributed by atoms with Crippen LogP contribution in [0.4, 0.5) is 11.8 Å². The number of anilines is 2. The number of nitrogens with two attached hydrogens (primary N) is 1. The molecule has 0 aliphatic carbocycles. The minimum absolute atomic E-state index is 0.141. The van der Waals surface area contributed by atoms with Crippen molar-refractivity contribution in [2.24, 2.45) is 0 Å². The fraction of sp³-hybridized carbons (Fsp3) is 0.593. The van der Waals surface area contributed by atoms with Crippen LogP contribution in [0.1, 0.15) is 68.8 Å². The molecule has 9 heteroatoms. The molecule has 0 amide bonds. The second kappa shape index (κ2) is 17.5. The van der Waals surface area contributed by atoms with Crippen LogP contribution in [0.3, 0.4) is 0 Å². The second-order valence-corrected chi connectivity index (χ2v) is 8.74. The van der Waals surface area contributed by atoms with Crippen LogP contribution in [-0.4, -0.2) is 70.4 Å². The molecule has 0 aliphatic rings. The summed E-state index contributed by atoms with van der Waals surface area (Å²) in [6.07, 6.45) is 4.40. The highest BCUT2D eigenvalue weighted by Crippen LogP contribution is 2.26. The van der Waals surface area contributed by atoms with E-state index < -0.39 is 0 Å². The Morgan fingerprint density at radius 3 is 2.44 bits per heavy atom. The summed E-state index contributed by atoms with van der Waals surface area (Å²) >= 11 is 0. The van der Waals surface area contributed by atoms with E-state index in [-0.39, 0.29) is 25.1 Å². The largest absolute Gasteiger partial charge is 0.494 e. The van der Waals surface area contributed by atoms with Crippen LogP contribution in [0.15, 0.2) is 18.2 Å². The first-order valence-electron chi connectivity index (χ1n) is 12.9. The first-order chi connectivity index (χ1) is 17.3. The molecule has 0 fully saturated rings. The molecule has 0 radical (unpaired) electrons. The highest BCUT2D eigenvalue weighted by molar-refractivity contribution is 5.53. The molecule has 1 atom stereocenters. The number of aryl methyl sites for hydroxylation is 2. The molecule has 0 spiro atoms. The number of aromatic nitrogens is 2. The first kappa shape index (κ1) is 31.1. The minimum atomic E-state index is -0.250. The summed E-state index contributed by atoms with van der Waals surface area (Å²) in [5.74, 6) is 1.94. The Morgan fingerprint density at radius 2 is 1.86 bits per heavy atom. The van der Waals surface area contributed by atoms with Gasteiger partial charge in [0.15, 0.2) is 0 Å². The van der Waals surface area contributed by atoms with Gasteiger partial charge in [0.2, 0.25) is 5.95 Å². The predicted molar refractivity (Wildman–Crippen MR) is 146 cm³/mol. The van der Waals surface area contributed by atoms with Crippen molar-refractivity contribution in [2.75, 3.05) is 43.9 Å². The van der Waals surface area contributed by atoms with Gasteiger partial charge in [0.25, 0.3) is 6.47 Å². The van der Waals surface area contributed by atoms with Crippen LogP contribution in [0.25, 0.3) is 0 Å². The van der Waals surface area contributed by atoms with Crippen molar-refractivity contribution in [1.29, 1.82) is 0 Å². The van der Waals surface area contributed by atoms with Crippen LogP contribution in [0.5, 0.6) is 5.75 Å². The number of carboxylic acid groups (broad SMARTS) is 1. The number of hydrogen-bond acceptors (Lipinski definition) is 8. The van der Waals surface area contributed by atoms with Gasteiger partial charge in [-0.2, -0.15) is 4.98 Å². The number of benzene rings is 1. The number of hydrogen-bond donors (Lipinski definition) is 4. The Balaban J connectivity index is 0.00000205. The Morgan fingerprint density at radius 1 is 1.17 bits per heavy atom. The molecule has 0 aliphatic heterocycles. The van der Waals surface area contributed by atoms with E-state index in [2.05, 4.69) is 60.0 Å². The van der Waals surface area contributed by atoms with Gasteiger partial charge in [-0.3, -0.25) is 4.79 Å². The molecule has 36 heavy (non-hydrogen) atoms. The maximum Gasteiger partial charge on any atom is 0.290 e. The second-order valence-electron chi connectivity index (χ2n) is 8.74. The molecule has 1 aromatic carbocycles. The third-order valence-electron chi connectivity index (χ3n) is 6.15. The Bertz CT molecular complexity index is 900. The van der Waals surface area contributed by atoms with E-state index in [1.54, 1.807) is 0 Å². The topological polar surface area (TPSA) is 134 Å². The maximum absolute atomic E-state index is 9.44. The van der Waals surface area contributed by atoms with E-state index in [1.165, 1.54) is 11.1 Å². The van der Waals surface area contributed by atoms with Gasteiger partial charge in [-0.25, -0.2) is 4.98 Å². The van der Waals surface area contributed by atoms with Crippen molar-refractivity contribution in [3.63, 3.8) is 0 Å². The summed E-state index contributed by atoms with van der Waals surface area (Å²) in [6.45, 7) is 14.4. The zero-order chi connectivity index (χ0) is 26.9. The molecule has 2 rings (SSSR count). The summed E-state index contributed by atoms with van der Waals surface area (Å²) in [5.41, 5.74) is 10.3. The maximum atomic E-state index is 9.44. The van der Waals surface area contributed by atoms with Gasteiger partial charge < -0.3 is 30.9 Å². The number of aliphatic hydroxyl groups excluding tert-OH is 1. The Kier molecular flexibility index (Phi) is 15.1. The molecule has 1 aromatic heterocycles. The van der Waals surface area contributed by atoms with Crippen molar-refractivity contribution in [3.05, 3.63) is 40.6 Å². The smallest absolute Gasteiger partial charge is 0.290 e. The summed E-state index contributed by atoms with van der Waals surface area (Å²) < 4.78 is 6.00. The van der Waals surface area contributed by atoms with Crippen LogP contribution >= 0.6 is 0 Å². The Hall–Kier alpha value is -2.91. The average molecular weight is 504 g/mol. The lowest BCUT2D eigenvalue weighted by Gasteiger charge is -2.21. The van der Waals surface area contributed by atoms with Crippen LogP contribution < -0.4 is 15.8 Å². The van der Waals surface area contributed by atoms with Gasteiger partial charge in [-0.1, -0.05) is 33.3 Å². The van der Waals surface area contributed by atoms with Crippen molar-refractivity contribution in [1.82, 2.24) is 14.9 Å². The van der Waals surface area contributed by atoms with E-state index >= 15 is 0 Å². The molecule has 0 saturated carbocycles. The van der Waals surface area contributed by atoms with Gasteiger partial charge >= 0.3 is 0 Å². The number of ether oxygens (including phenoxy) is 1. The van der Waals surface area contributed by atoms with Crippen molar-refractivity contribution >= 4 is 18.2 Å². The molecule has 0 unspecified atom stereocenters. The van der Waals surface area contributed by atoms with Crippen LogP contribution in [0, 0.1) is 13.8 Å². The van der Waals surface area contributed by atoms with E-state index in [0.29, 0.717) is 12.8 Å². The lowest BCUT2D eigenvalue weighted by atomic mass is 9.99. The lowest BCUT2D eigenvalue weighted by molar-refractivity contribution is -0.122. The fourth-order valence-electron chi connectivity index (χ4n) is 4.10. The first-order valence-corrected chi connectivity index (χ1v) is 12.9. The summed E-state index contributed by atoms with van der Waals surface area (Å²) in [5, 5.41) is 19.8. The minimum Gasteiger partial charge on any atom is -0.494 e. The number of nitrogens with one attached hydrogen (secondary N) is 1. The van der Waals surface area contributed by atoms with Gasteiger partial charge in [0, 0.05) is 36.9 Å². The third-order valence-corrected chi connectivity index (χ3v) is 6.15. The average Bonchev–Trinajstić information content (AvgIpc) is 2.83. The summed E-state index contributed by atoms with van der Waals surface area (Å²) in [6, 6.07) is 6.44. The van der Waals surface area contributed by atoms with E-state index in [4.69, 9.17) is 20.4 Å². The molecule has 202 valence electrons. The number of carbonyl (C=O) groups is 1. The van der Waals surface area contributed by atoms with E-state index in [1.807, 2.05) is 13.0 Å². The predicted octanol–water partition coefficient (Wildman–Crippen LogP) is 4.04. The SMILES string of the molecule is CCC[C@@H](CCO)Nc1nc(N)nc(C)c1Cc1ccc(OCCCN(CC)CC)cc1C.O=CO. The number of nitrogens with zero attached hydrogens (tertiary/aromatic N) is 3. The van der Waals surface area contributed by atoms with Gasteiger partial charge in [0.05, 0.1) is 6.61 Å². The molecule has 0 bridgehead atoms. The molecule has 9 nitrogen and oxygen atoms in total. The molecule has 1 heterocycles. The van der Waals surface area contributed by atoms with Gasteiger partial charge in [-0.05, 0) is 69.5 Å². The number of rotatable bonds is 15. The summed E-state index contributed by atoms with van der Waals surface area (Å²) in [7, 11) is 0. The third kappa shape index (κ3) is 10.8. The monoisotopic (exact) mass is 503 g/mol. The van der Waals surface area contributed by atoms with Crippen molar-refractivity contribution in [3.8, 4) is 5.75 Å². The molecular weight excluding hydrogens is 458 g/mol. The van der Waals surface area contributed by atoms with Crippen molar-refractivity contribution < 1.29 is 19.7 Å². The normalized spacial score (nSPS) is 11.5. The quantitative estimate of drug-likeness (QED) is 0.210. The van der Waals surface area contributed by atoms with Crippen LogP contribution in [-0.2, 0) is 11.2 Å². The summed E-state index contributed by atoms with van der Waals surface area (Å²) in [4.78, 5) is 19.7. The van der Waals surface area contributed by atoms with E-state index in [9.17, 15) is 5.11 Å².